The Balaban J connectivity index is 0.000000796. The molecule has 0 saturated heterocycles. The smallest absolute Gasteiger partial charge is 0.313 e. The first-order chi connectivity index (χ1) is 9.07. The number of halogens is 3. The van der Waals surface area contributed by atoms with Crippen molar-refractivity contribution >= 4 is 11.9 Å². The third-order valence-corrected chi connectivity index (χ3v) is 2.12. The Morgan fingerprint density at radius 3 is 1.80 bits per heavy atom. The van der Waals surface area contributed by atoms with E-state index in [-0.39, 0.29) is 6.07 Å². The van der Waals surface area contributed by atoms with Crippen molar-refractivity contribution < 1.29 is 38.1 Å². The molecule has 0 aliphatic carbocycles. The van der Waals surface area contributed by atoms with E-state index in [0.29, 0.717) is 6.07 Å². The Morgan fingerprint density at radius 2 is 1.45 bits per heavy atom. The molecule has 112 valence electrons. The highest BCUT2D eigenvalue weighted by Gasteiger charge is 2.29. The summed E-state index contributed by atoms with van der Waals surface area (Å²) in [6.45, 7) is 2.21. The number of aliphatic carboxylic acids is 2. The lowest BCUT2D eigenvalue weighted by Crippen LogP contribution is -2.24. The first-order valence-corrected chi connectivity index (χ1v) is 5.32. The Kier molecular flexibility index (Phi) is 6.70. The van der Waals surface area contributed by atoms with Crippen LogP contribution in [0.25, 0.3) is 0 Å². The van der Waals surface area contributed by atoms with Crippen LogP contribution in [0.5, 0.6) is 0 Å². The highest BCUT2D eigenvalue weighted by Crippen LogP contribution is 2.25. The Hall–Kier alpha value is -2.09. The number of benzene rings is 1. The van der Waals surface area contributed by atoms with Gasteiger partial charge in [0.1, 0.15) is 11.7 Å². The maximum Gasteiger partial charge on any atom is 0.313 e. The molecule has 1 rings (SSSR count). The Bertz CT molecular complexity index is 498. The highest BCUT2D eigenvalue weighted by atomic mass is 19.2. The molecule has 8 heteroatoms. The standard InChI is InChI=1S/C10H9F3O3.C2H4O2/c1-4(14)9(10(15)16)5-2-7(12)8(13)3-6(5)11;1-2(3)4/h2-4,9,14H,1H3,(H,15,16);1H3,(H,3,4). The molecular weight excluding hydrogens is 281 g/mol. The van der Waals surface area contributed by atoms with Crippen molar-refractivity contribution in [2.75, 3.05) is 0 Å². The molecule has 0 aromatic heterocycles. The van der Waals surface area contributed by atoms with Gasteiger partial charge in [-0.05, 0) is 13.0 Å². The lowest BCUT2D eigenvalue weighted by Gasteiger charge is -2.16. The summed E-state index contributed by atoms with van der Waals surface area (Å²) in [5.41, 5.74) is -0.582. The van der Waals surface area contributed by atoms with Gasteiger partial charge < -0.3 is 15.3 Å². The van der Waals surface area contributed by atoms with Crippen molar-refractivity contribution in [3.8, 4) is 0 Å². The van der Waals surface area contributed by atoms with Crippen molar-refractivity contribution in [2.24, 2.45) is 0 Å². The molecule has 0 heterocycles. The van der Waals surface area contributed by atoms with Gasteiger partial charge in [-0.15, -0.1) is 0 Å². The quantitative estimate of drug-likeness (QED) is 0.738. The third kappa shape index (κ3) is 5.27. The highest BCUT2D eigenvalue weighted by molar-refractivity contribution is 5.76. The van der Waals surface area contributed by atoms with E-state index in [1.165, 1.54) is 0 Å². The number of carbonyl (C=O) groups is 2. The molecule has 0 bridgehead atoms. The topological polar surface area (TPSA) is 94.8 Å². The summed E-state index contributed by atoms with van der Waals surface area (Å²) in [4.78, 5) is 19.7. The number of aliphatic hydroxyl groups is 1. The molecule has 2 unspecified atom stereocenters. The summed E-state index contributed by atoms with van der Waals surface area (Å²) in [5.74, 6) is -7.94. The third-order valence-electron chi connectivity index (χ3n) is 2.12. The summed E-state index contributed by atoms with van der Waals surface area (Å²) >= 11 is 0. The van der Waals surface area contributed by atoms with E-state index in [1.807, 2.05) is 0 Å². The van der Waals surface area contributed by atoms with Crippen LogP contribution in [0.15, 0.2) is 12.1 Å². The van der Waals surface area contributed by atoms with E-state index in [9.17, 15) is 18.0 Å². The Morgan fingerprint density at radius 1 is 1.05 bits per heavy atom. The molecule has 0 aliphatic heterocycles. The van der Waals surface area contributed by atoms with E-state index < -0.39 is 47.0 Å². The number of rotatable bonds is 3. The molecule has 0 aliphatic rings. The van der Waals surface area contributed by atoms with Gasteiger partial charge in [0.25, 0.3) is 5.97 Å². The lowest BCUT2D eigenvalue weighted by molar-refractivity contribution is -0.141. The zero-order valence-electron chi connectivity index (χ0n) is 10.6. The lowest BCUT2D eigenvalue weighted by atomic mass is 9.94. The molecule has 0 fully saturated rings. The predicted molar refractivity (Wildman–Crippen MR) is 61.7 cm³/mol. The summed E-state index contributed by atoms with van der Waals surface area (Å²) in [6.07, 6.45) is -1.42. The number of carboxylic acid groups (broad SMARTS) is 2. The van der Waals surface area contributed by atoms with Crippen molar-refractivity contribution in [1.82, 2.24) is 0 Å². The van der Waals surface area contributed by atoms with Crippen LogP contribution in [0.3, 0.4) is 0 Å². The number of aliphatic hydroxyl groups excluding tert-OH is 1. The molecule has 1 aromatic rings. The van der Waals surface area contributed by atoms with Gasteiger partial charge in [0, 0.05) is 18.6 Å². The molecule has 0 spiro atoms. The minimum Gasteiger partial charge on any atom is -0.481 e. The van der Waals surface area contributed by atoms with Crippen LogP contribution in [-0.4, -0.2) is 33.4 Å². The molecule has 20 heavy (non-hydrogen) atoms. The summed E-state index contributed by atoms with van der Waals surface area (Å²) < 4.78 is 38.7. The Labute approximate surface area is 112 Å². The van der Waals surface area contributed by atoms with Gasteiger partial charge in [0.05, 0.1) is 6.10 Å². The molecule has 0 amide bonds. The second-order valence-electron chi connectivity index (χ2n) is 3.86. The van der Waals surface area contributed by atoms with E-state index in [4.69, 9.17) is 20.1 Å². The molecule has 0 saturated carbocycles. The second kappa shape index (κ2) is 7.49. The van der Waals surface area contributed by atoms with Crippen molar-refractivity contribution in [1.29, 1.82) is 0 Å². The first-order valence-electron chi connectivity index (χ1n) is 5.32. The van der Waals surface area contributed by atoms with Gasteiger partial charge >= 0.3 is 5.97 Å². The minimum atomic E-state index is -1.63. The molecule has 3 N–H and O–H groups in total. The fourth-order valence-corrected chi connectivity index (χ4v) is 1.38. The zero-order chi connectivity index (χ0) is 16.0. The summed E-state index contributed by atoms with van der Waals surface area (Å²) in [6, 6.07) is 0.694. The van der Waals surface area contributed by atoms with E-state index in [0.717, 1.165) is 13.8 Å². The van der Waals surface area contributed by atoms with Crippen LogP contribution in [0, 0.1) is 17.5 Å². The summed E-state index contributed by atoms with van der Waals surface area (Å²) in [7, 11) is 0. The monoisotopic (exact) mass is 294 g/mol. The van der Waals surface area contributed by atoms with Crippen LogP contribution in [0.1, 0.15) is 25.3 Å². The molecule has 5 nitrogen and oxygen atoms in total. The SMILES string of the molecule is CC(=O)O.CC(O)C(C(=O)O)c1cc(F)c(F)cc1F. The molecule has 1 aromatic carbocycles. The molecule has 0 radical (unpaired) electrons. The fourth-order valence-electron chi connectivity index (χ4n) is 1.38. The fraction of sp³-hybridized carbons (Fsp3) is 0.333. The van der Waals surface area contributed by atoms with Gasteiger partial charge in [0.2, 0.25) is 0 Å². The number of hydrogen-bond donors (Lipinski definition) is 3. The van der Waals surface area contributed by atoms with Crippen molar-refractivity contribution in [3.05, 3.63) is 35.1 Å². The van der Waals surface area contributed by atoms with Crippen molar-refractivity contribution in [2.45, 2.75) is 25.9 Å². The maximum absolute atomic E-state index is 13.2. The van der Waals surface area contributed by atoms with Crippen molar-refractivity contribution in [3.63, 3.8) is 0 Å². The predicted octanol–water partition coefficient (Wildman–Crippen LogP) is 1.74. The minimum absolute atomic E-state index is 0.253. The number of hydrogen-bond acceptors (Lipinski definition) is 3. The van der Waals surface area contributed by atoms with Gasteiger partial charge in [0.15, 0.2) is 11.6 Å². The molecule has 2 atom stereocenters. The van der Waals surface area contributed by atoms with Gasteiger partial charge in [-0.2, -0.15) is 0 Å². The largest absolute Gasteiger partial charge is 0.481 e. The van der Waals surface area contributed by atoms with Crippen LogP contribution in [0.4, 0.5) is 13.2 Å². The van der Waals surface area contributed by atoms with Crippen LogP contribution >= 0.6 is 0 Å². The van der Waals surface area contributed by atoms with Gasteiger partial charge in [-0.3, -0.25) is 9.59 Å². The van der Waals surface area contributed by atoms with Gasteiger partial charge in [-0.25, -0.2) is 13.2 Å². The average Bonchev–Trinajstić information content (AvgIpc) is 2.23. The average molecular weight is 294 g/mol. The number of carboxylic acids is 2. The van der Waals surface area contributed by atoms with Crippen LogP contribution in [-0.2, 0) is 9.59 Å². The van der Waals surface area contributed by atoms with Gasteiger partial charge in [-0.1, -0.05) is 0 Å². The molecular formula is C12H13F3O5. The van der Waals surface area contributed by atoms with E-state index in [1.54, 1.807) is 0 Å². The van der Waals surface area contributed by atoms with Crippen LogP contribution < -0.4 is 0 Å². The van der Waals surface area contributed by atoms with Crippen LogP contribution in [0.2, 0.25) is 0 Å². The maximum atomic E-state index is 13.2. The zero-order valence-corrected chi connectivity index (χ0v) is 10.6. The summed E-state index contributed by atoms with van der Waals surface area (Å²) in [5, 5.41) is 25.3. The normalized spacial score (nSPS) is 12.9. The second-order valence-corrected chi connectivity index (χ2v) is 3.86. The first kappa shape index (κ1) is 17.9. The van der Waals surface area contributed by atoms with E-state index in [2.05, 4.69) is 0 Å². The van der Waals surface area contributed by atoms with E-state index >= 15 is 0 Å².